The van der Waals surface area contributed by atoms with Gasteiger partial charge in [-0.15, -0.1) is 0 Å². The van der Waals surface area contributed by atoms with E-state index in [1.165, 1.54) is 6.92 Å². The molecular formula is C20H21NO5S. The Labute approximate surface area is 162 Å². The summed E-state index contributed by atoms with van der Waals surface area (Å²) >= 11 is 1.55. The van der Waals surface area contributed by atoms with Crippen molar-refractivity contribution in [1.82, 2.24) is 0 Å². The molecule has 7 heteroatoms. The van der Waals surface area contributed by atoms with Crippen molar-refractivity contribution < 1.29 is 24.3 Å². The van der Waals surface area contributed by atoms with E-state index in [1.54, 1.807) is 30.8 Å². The lowest BCUT2D eigenvalue weighted by molar-refractivity contribution is -0.140. The standard InChI is InChI=1S/C20H21NO5S/c1-3-19(21-26-14(2)23)20(24)15-4-8-17(9-5-15)27-18-10-6-16(7-11-18)25-13-12-22/h4-11,22H,3,12-13H2,1-2H3/b21-19+. The van der Waals surface area contributed by atoms with Crippen LogP contribution in [0.25, 0.3) is 0 Å². The Morgan fingerprint density at radius 1 is 1.04 bits per heavy atom. The maximum Gasteiger partial charge on any atom is 0.331 e. The number of hydrogen-bond donors (Lipinski definition) is 1. The highest BCUT2D eigenvalue weighted by Crippen LogP contribution is 2.29. The van der Waals surface area contributed by atoms with Crippen LogP contribution in [0.3, 0.4) is 0 Å². The fraction of sp³-hybridized carbons (Fsp3) is 0.250. The maximum atomic E-state index is 12.4. The molecule has 0 atom stereocenters. The monoisotopic (exact) mass is 387 g/mol. The minimum absolute atomic E-state index is 0.0209. The zero-order valence-electron chi connectivity index (χ0n) is 15.2. The number of ketones is 1. The quantitative estimate of drug-likeness (QED) is 0.305. The molecule has 27 heavy (non-hydrogen) atoms. The third-order valence-electron chi connectivity index (χ3n) is 3.42. The molecule has 0 fully saturated rings. The minimum Gasteiger partial charge on any atom is -0.491 e. The van der Waals surface area contributed by atoms with E-state index in [2.05, 4.69) is 9.99 Å². The molecule has 2 aromatic carbocycles. The second-order valence-corrected chi connectivity index (χ2v) is 6.62. The van der Waals surface area contributed by atoms with E-state index in [-0.39, 0.29) is 24.7 Å². The Kier molecular flexibility index (Phi) is 8.03. The summed E-state index contributed by atoms with van der Waals surface area (Å²) in [6.07, 6.45) is 0.368. The van der Waals surface area contributed by atoms with Gasteiger partial charge in [0.2, 0.25) is 5.78 Å². The number of hydrogen-bond acceptors (Lipinski definition) is 7. The van der Waals surface area contributed by atoms with Gasteiger partial charge in [0.1, 0.15) is 18.1 Å². The number of Topliss-reactive ketones (excluding diaryl/α,β-unsaturated/α-hetero) is 1. The first-order chi connectivity index (χ1) is 13.0. The fourth-order valence-electron chi connectivity index (χ4n) is 2.13. The molecule has 142 valence electrons. The lowest BCUT2D eigenvalue weighted by atomic mass is 10.1. The Bertz CT molecular complexity index is 800. The molecular weight excluding hydrogens is 366 g/mol. The fourth-order valence-corrected chi connectivity index (χ4v) is 2.95. The van der Waals surface area contributed by atoms with E-state index in [1.807, 2.05) is 36.4 Å². The summed E-state index contributed by atoms with van der Waals surface area (Å²) in [6.45, 7) is 3.26. The lowest BCUT2D eigenvalue weighted by Crippen LogP contribution is -2.14. The summed E-state index contributed by atoms with van der Waals surface area (Å²) in [5.74, 6) is -0.123. The normalized spacial score (nSPS) is 11.1. The van der Waals surface area contributed by atoms with E-state index in [4.69, 9.17) is 9.84 Å². The lowest BCUT2D eigenvalue weighted by Gasteiger charge is -2.07. The molecule has 0 saturated heterocycles. The number of ether oxygens (including phenoxy) is 1. The van der Waals surface area contributed by atoms with Crippen LogP contribution in [0.5, 0.6) is 5.75 Å². The number of carbonyl (C=O) groups excluding carboxylic acids is 2. The smallest absolute Gasteiger partial charge is 0.331 e. The summed E-state index contributed by atoms with van der Waals surface area (Å²) in [5.41, 5.74) is 0.684. The molecule has 0 heterocycles. The first-order valence-electron chi connectivity index (χ1n) is 8.44. The van der Waals surface area contributed by atoms with E-state index in [0.29, 0.717) is 17.7 Å². The summed E-state index contributed by atoms with van der Waals surface area (Å²) in [5, 5.41) is 12.4. The van der Waals surface area contributed by atoms with Crippen LogP contribution in [0.1, 0.15) is 30.6 Å². The van der Waals surface area contributed by atoms with Crippen molar-refractivity contribution in [2.24, 2.45) is 5.16 Å². The largest absolute Gasteiger partial charge is 0.491 e. The van der Waals surface area contributed by atoms with Gasteiger partial charge in [0.05, 0.1) is 6.61 Å². The van der Waals surface area contributed by atoms with Crippen LogP contribution < -0.4 is 4.74 Å². The second-order valence-electron chi connectivity index (χ2n) is 5.47. The number of benzene rings is 2. The SMILES string of the molecule is CC/C(=N\OC(C)=O)C(=O)c1ccc(Sc2ccc(OCCO)cc2)cc1. The van der Waals surface area contributed by atoms with Crippen LogP contribution in [0, 0.1) is 0 Å². The molecule has 0 spiro atoms. The van der Waals surface area contributed by atoms with E-state index >= 15 is 0 Å². The molecule has 2 aromatic rings. The van der Waals surface area contributed by atoms with Crippen molar-refractivity contribution >= 4 is 29.2 Å². The van der Waals surface area contributed by atoms with Gasteiger partial charge in [-0.05, 0) is 55.0 Å². The van der Waals surface area contributed by atoms with Gasteiger partial charge in [-0.2, -0.15) is 0 Å². The summed E-state index contributed by atoms with van der Waals surface area (Å²) in [6, 6.07) is 14.7. The van der Waals surface area contributed by atoms with Crippen LogP contribution in [0.4, 0.5) is 0 Å². The van der Waals surface area contributed by atoms with Gasteiger partial charge in [0.25, 0.3) is 0 Å². The molecule has 0 aromatic heterocycles. The van der Waals surface area contributed by atoms with Crippen LogP contribution >= 0.6 is 11.8 Å². The van der Waals surface area contributed by atoms with E-state index in [0.717, 1.165) is 9.79 Å². The van der Waals surface area contributed by atoms with Gasteiger partial charge < -0.3 is 14.7 Å². The Morgan fingerprint density at radius 3 is 2.15 bits per heavy atom. The molecule has 0 amide bonds. The van der Waals surface area contributed by atoms with Crippen LogP contribution in [0.15, 0.2) is 63.5 Å². The third kappa shape index (κ3) is 6.54. The predicted octanol–water partition coefficient (Wildman–Crippen LogP) is 3.72. The zero-order valence-corrected chi connectivity index (χ0v) is 16.0. The van der Waals surface area contributed by atoms with Crippen LogP contribution in [-0.2, 0) is 9.63 Å². The highest BCUT2D eigenvalue weighted by atomic mass is 32.2. The molecule has 1 N–H and O–H groups in total. The summed E-state index contributed by atoms with van der Waals surface area (Å²) in [7, 11) is 0. The van der Waals surface area contributed by atoms with E-state index < -0.39 is 5.97 Å². The summed E-state index contributed by atoms with van der Waals surface area (Å²) < 4.78 is 5.33. The van der Waals surface area contributed by atoms with Crippen molar-refractivity contribution in [3.63, 3.8) is 0 Å². The maximum absolute atomic E-state index is 12.4. The van der Waals surface area contributed by atoms with Gasteiger partial charge in [-0.25, -0.2) is 4.79 Å². The van der Waals surface area contributed by atoms with Crippen LogP contribution in [-0.4, -0.2) is 35.8 Å². The molecule has 0 bridgehead atoms. The van der Waals surface area contributed by atoms with Gasteiger partial charge in [-0.3, -0.25) is 4.79 Å². The molecule has 6 nitrogen and oxygen atoms in total. The molecule has 0 radical (unpaired) electrons. The first-order valence-corrected chi connectivity index (χ1v) is 9.26. The first kappa shape index (κ1) is 20.7. The van der Waals surface area contributed by atoms with Gasteiger partial charge in [0, 0.05) is 22.3 Å². The average Bonchev–Trinajstić information content (AvgIpc) is 2.68. The number of aliphatic hydroxyl groups excluding tert-OH is 1. The van der Waals surface area contributed by atoms with Gasteiger partial charge in [0.15, 0.2) is 0 Å². The topological polar surface area (TPSA) is 85.2 Å². The van der Waals surface area contributed by atoms with Crippen molar-refractivity contribution in [3.8, 4) is 5.75 Å². The number of rotatable bonds is 9. The molecule has 0 aliphatic carbocycles. The molecule has 0 saturated carbocycles. The minimum atomic E-state index is -0.562. The summed E-state index contributed by atoms with van der Waals surface area (Å²) in [4.78, 5) is 29.8. The second kappa shape index (κ2) is 10.5. The average molecular weight is 387 g/mol. The zero-order chi connectivity index (χ0) is 19.6. The molecule has 2 rings (SSSR count). The van der Waals surface area contributed by atoms with Crippen molar-refractivity contribution in [2.75, 3.05) is 13.2 Å². The number of aliphatic hydroxyl groups is 1. The van der Waals surface area contributed by atoms with E-state index in [9.17, 15) is 9.59 Å². The van der Waals surface area contributed by atoms with Gasteiger partial charge >= 0.3 is 5.97 Å². The van der Waals surface area contributed by atoms with Crippen molar-refractivity contribution in [2.45, 2.75) is 30.1 Å². The van der Waals surface area contributed by atoms with Crippen LogP contribution in [0.2, 0.25) is 0 Å². The number of oxime groups is 1. The third-order valence-corrected chi connectivity index (χ3v) is 4.43. The van der Waals surface area contributed by atoms with Crippen molar-refractivity contribution in [1.29, 1.82) is 0 Å². The number of carbonyl (C=O) groups is 2. The highest BCUT2D eigenvalue weighted by molar-refractivity contribution is 7.99. The van der Waals surface area contributed by atoms with Crippen molar-refractivity contribution in [3.05, 3.63) is 54.1 Å². The molecule has 0 aliphatic rings. The number of nitrogens with zero attached hydrogens (tertiary/aromatic N) is 1. The Hall–Kier alpha value is -2.64. The van der Waals surface area contributed by atoms with Gasteiger partial charge in [-0.1, -0.05) is 23.8 Å². The Balaban J connectivity index is 2.02. The molecule has 0 aliphatic heterocycles. The predicted molar refractivity (Wildman–Crippen MR) is 103 cm³/mol. The highest BCUT2D eigenvalue weighted by Gasteiger charge is 2.14. The Morgan fingerprint density at radius 2 is 1.63 bits per heavy atom. The molecule has 0 unspecified atom stereocenters.